The maximum atomic E-state index is 12.1. The number of anilines is 2. The monoisotopic (exact) mass is 261 g/mol. The summed E-state index contributed by atoms with van der Waals surface area (Å²) in [4.78, 5) is 25.0. The van der Waals surface area contributed by atoms with Crippen LogP contribution in [0.5, 0.6) is 0 Å². The van der Waals surface area contributed by atoms with Crippen molar-refractivity contribution in [1.29, 1.82) is 0 Å². The van der Waals surface area contributed by atoms with Crippen LogP contribution in [0.1, 0.15) is 18.9 Å². The molecule has 2 amide bonds. The minimum Gasteiger partial charge on any atom is -0.330 e. The molecule has 1 aliphatic rings. The maximum Gasteiger partial charge on any atom is 0.230 e. The summed E-state index contributed by atoms with van der Waals surface area (Å²) >= 11 is 0. The molecule has 0 radical (unpaired) electrons. The van der Waals surface area contributed by atoms with Crippen molar-refractivity contribution in [2.24, 2.45) is 11.7 Å². The zero-order valence-electron chi connectivity index (χ0n) is 11.3. The van der Waals surface area contributed by atoms with Crippen molar-refractivity contribution in [3.05, 3.63) is 23.8 Å². The van der Waals surface area contributed by atoms with E-state index >= 15 is 0 Å². The SMILES string of the molecule is CC(CN)C(=O)N(C)c1ccc2c(c1)CCC(=O)N2. The average molecular weight is 261 g/mol. The number of nitrogens with one attached hydrogen (secondary N) is 1. The van der Waals surface area contributed by atoms with E-state index in [2.05, 4.69) is 5.32 Å². The number of hydrogen-bond donors (Lipinski definition) is 2. The first-order chi connectivity index (χ1) is 9.02. The van der Waals surface area contributed by atoms with Gasteiger partial charge >= 0.3 is 0 Å². The van der Waals surface area contributed by atoms with E-state index in [1.807, 2.05) is 25.1 Å². The summed E-state index contributed by atoms with van der Waals surface area (Å²) in [6, 6.07) is 5.64. The number of nitrogens with zero attached hydrogens (tertiary/aromatic N) is 1. The van der Waals surface area contributed by atoms with Crippen LogP contribution in [0.3, 0.4) is 0 Å². The molecule has 0 spiro atoms. The van der Waals surface area contributed by atoms with Gasteiger partial charge in [-0.25, -0.2) is 0 Å². The van der Waals surface area contributed by atoms with Crippen molar-refractivity contribution in [3.8, 4) is 0 Å². The van der Waals surface area contributed by atoms with Gasteiger partial charge in [0.2, 0.25) is 11.8 Å². The lowest BCUT2D eigenvalue weighted by Crippen LogP contribution is -2.35. The molecule has 0 aliphatic carbocycles. The number of nitrogens with two attached hydrogens (primary N) is 1. The fraction of sp³-hybridized carbons (Fsp3) is 0.429. The quantitative estimate of drug-likeness (QED) is 0.856. The molecule has 1 atom stereocenters. The van der Waals surface area contributed by atoms with Gasteiger partial charge in [-0.3, -0.25) is 9.59 Å². The molecule has 0 aromatic heterocycles. The van der Waals surface area contributed by atoms with E-state index in [1.165, 1.54) is 0 Å². The van der Waals surface area contributed by atoms with Crippen molar-refractivity contribution < 1.29 is 9.59 Å². The fourth-order valence-corrected chi connectivity index (χ4v) is 2.14. The number of amides is 2. The van der Waals surface area contributed by atoms with Gasteiger partial charge in [-0.2, -0.15) is 0 Å². The van der Waals surface area contributed by atoms with Gasteiger partial charge in [-0.1, -0.05) is 6.92 Å². The molecule has 0 fully saturated rings. The molecule has 3 N–H and O–H groups in total. The highest BCUT2D eigenvalue weighted by atomic mass is 16.2. The van der Waals surface area contributed by atoms with Crippen LogP contribution in [0.4, 0.5) is 11.4 Å². The molecule has 0 bridgehead atoms. The Kier molecular flexibility index (Phi) is 3.85. The highest BCUT2D eigenvalue weighted by Crippen LogP contribution is 2.27. The van der Waals surface area contributed by atoms with Gasteiger partial charge in [-0.05, 0) is 30.2 Å². The second-order valence-corrected chi connectivity index (χ2v) is 4.92. The van der Waals surface area contributed by atoms with Crippen molar-refractivity contribution in [1.82, 2.24) is 0 Å². The largest absolute Gasteiger partial charge is 0.330 e. The number of hydrogen-bond acceptors (Lipinski definition) is 3. The predicted molar refractivity (Wildman–Crippen MR) is 75.0 cm³/mol. The molecule has 102 valence electrons. The second-order valence-electron chi connectivity index (χ2n) is 4.92. The Morgan fingerprint density at radius 2 is 2.21 bits per heavy atom. The predicted octanol–water partition coefficient (Wildman–Crippen LogP) is 1.13. The lowest BCUT2D eigenvalue weighted by molar-refractivity contribution is -0.121. The van der Waals surface area contributed by atoms with E-state index in [0.717, 1.165) is 16.9 Å². The van der Waals surface area contributed by atoms with Gasteiger partial charge < -0.3 is 16.0 Å². The molecule has 0 saturated heterocycles. The van der Waals surface area contributed by atoms with E-state index in [1.54, 1.807) is 11.9 Å². The maximum absolute atomic E-state index is 12.1. The van der Waals surface area contributed by atoms with Crippen LogP contribution in [0.25, 0.3) is 0 Å². The molecule has 19 heavy (non-hydrogen) atoms. The summed E-state index contributed by atoms with van der Waals surface area (Å²) in [7, 11) is 1.75. The molecule has 1 aromatic carbocycles. The molecule has 2 rings (SSSR count). The Balaban J connectivity index is 2.22. The van der Waals surface area contributed by atoms with Crippen LogP contribution in [0.15, 0.2) is 18.2 Å². The van der Waals surface area contributed by atoms with Gasteiger partial charge in [0.15, 0.2) is 0 Å². The van der Waals surface area contributed by atoms with Crippen LogP contribution in [0.2, 0.25) is 0 Å². The molecule has 1 aromatic rings. The Hall–Kier alpha value is -1.88. The van der Waals surface area contributed by atoms with Gasteiger partial charge in [0, 0.05) is 37.3 Å². The first-order valence-corrected chi connectivity index (χ1v) is 6.43. The van der Waals surface area contributed by atoms with Crippen molar-refractivity contribution in [2.45, 2.75) is 19.8 Å². The summed E-state index contributed by atoms with van der Waals surface area (Å²) in [5, 5.41) is 2.83. The van der Waals surface area contributed by atoms with E-state index in [0.29, 0.717) is 19.4 Å². The minimum atomic E-state index is -0.194. The number of fused-ring (bicyclic) bond motifs is 1. The number of carbonyl (C=O) groups excluding carboxylic acids is 2. The second kappa shape index (κ2) is 5.40. The van der Waals surface area contributed by atoms with Crippen molar-refractivity contribution in [3.63, 3.8) is 0 Å². The molecule has 1 unspecified atom stereocenters. The van der Waals surface area contributed by atoms with Crippen molar-refractivity contribution >= 4 is 23.2 Å². The molecule has 5 heteroatoms. The van der Waals surface area contributed by atoms with Gasteiger partial charge in [-0.15, -0.1) is 0 Å². The summed E-state index contributed by atoms with van der Waals surface area (Å²) in [6.45, 7) is 2.15. The summed E-state index contributed by atoms with van der Waals surface area (Å²) < 4.78 is 0. The van der Waals surface area contributed by atoms with Crippen LogP contribution >= 0.6 is 0 Å². The number of aryl methyl sites for hydroxylation is 1. The van der Waals surface area contributed by atoms with Gasteiger partial charge in [0.25, 0.3) is 0 Å². The third-order valence-corrected chi connectivity index (χ3v) is 3.48. The van der Waals surface area contributed by atoms with E-state index in [-0.39, 0.29) is 17.7 Å². The van der Waals surface area contributed by atoms with E-state index in [4.69, 9.17) is 5.73 Å². The molecule has 5 nitrogen and oxygen atoms in total. The van der Waals surface area contributed by atoms with Gasteiger partial charge in [0.05, 0.1) is 0 Å². The Morgan fingerprint density at radius 3 is 2.89 bits per heavy atom. The van der Waals surface area contributed by atoms with E-state index < -0.39 is 0 Å². The number of carbonyl (C=O) groups is 2. The first kappa shape index (κ1) is 13.5. The number of rotatable bonds is 3. The summed E-state index contributed by atoms with van der Waals surface area (Å²) in [5.41, 5.74) is 8.26. The van der Waals surface area contributed by atoms with Gasteiger partial charge in [0.1, 0.15) is 0 Å². The normalized spacial score (nSPS) is 15.4. The Labute approximate surface area is 112 Å². The Bertz CT molecular complexity index is 513. The lowest BCUT2D eigenvalue weighted by Gasteiger charge is -2.23. The van der Waals surface area contributed by atoms with Crippen molar-refractivity contribution in [2.75, 3.05) is 23.8 Å². The van der Waals surface area contributed by atoms with Crippen LogP contribution in [-0.2, 0) is 16.0 Å². The molecule has 0 saturated carbocycles. The zero-order valence-corrected chi connectivity index (χ0v) is 11.3. The smallest absolute Gasteiger partial charge is 0.230 e. The number of benzene rings is 1. The first-order valence-electron chi connectivity index (χ1n) is 6.43. The summed E-state index contributed by atoms with van der Waals surface area (Å²) in [6.07, 6.45) is 1.21. The third kappa shape index (κ3) is 2.76. The molecular formula is C14H19N3O2. The fourth-order valence-electron chi connectivity index (χ4n) is 2.14. The summed E-state index contributed by atoms with van der Waals surface area (Å²) in [5.74, 6) is -0.149. The minimum absolute atomic E-state index is 0.00213. The highest BCUT2D eigenvalue weighted by molar-refractivity contribution is 5.97. The average Bonchev–Trinajstić information content (AvgIpc) is 2.44. The van der Waals surface area contributed by atoms with Crippen LogP contribution in [-0.4, -0.2) is 25.4 Å². The molecule has 1 aliphatic heterocycles. The third-order valence-electron chi connectivity index (χ3n) is 3.48. The molecular weight excluding hydrogens is 242 g/mol. The topological polar surface area (TPSA) is 75.4 Å². The zero-order chi connectivity index (χ0) is 14.0. The molecule has 1 heterocycles. The standard InChI is InChI=1S/C14H19N3O2/c1-9(8-15)14(19)17(2)11-4-5-12-10(7-11)3-6-13(18)16-12/h4-5,7,9H,3,6,8,15H2,1-2H3,(H,16,18). The highest BCUT2D eigenvalue weighted by Gasteiger charge is 2.20. The van der Waals surface area contributed by atoms with Crippen LogP contribution in [0, 0.1) is 5.92 Å². The lowest BCUT2D eigenvalue weighted by atomic mass is 10.0. The Morgan fingerprint density at radius 1 is 1.47 bits per heavy atom. The van der Waals surface area contributed by atoms with E-state index in [9.17, 15) is 9.59 Å². The van der Waals surface area contributed by atoms with Crippen LogP contribution < -0.4 is 16.0 Å².